The van der Waals surface area contributed by atoms with Crippen LogP contribution in [0.5, 0.6) is 0 Å². The number of ether oxygens (including phenoxy) is 1. The molecule has 1 fully saturated rings. The van der Waals surface area contributed by atoms with Crippen molar-refractivity contribution in [2.75, 3.05) is 0 Å². The van der Waals surface area contributed by atoms with Crippen LogP contribution in [-0.2, 0) is 4.74 Å². The van der Waals surface area contributed by atoms with Crippen LogP contribution in [0, 0.1) is 5.92 Å². The summed E-state index contributed by atoms with van der Waals surface area (Å²) < 4.78 is 7.52. The van der Waals surface area contributed by atoms with Gasteiger partial charge in [0.15, 0.2) is 0 Å². The molecular weight excluding hydrogens is 266 g/mol. The molecule has 21 heavy (non-hydrogen) atoms. The summed E-state index contributed by atoms with van der Waals surface area (Å²) in [6.45, 7) is 9.85. The smallest absolute Gasteiger partial charge is 0.408 e. The zero-order valence-corrected chi connectivity index (χ0v) is 13.7. The van der Waals surface area contributed by atoms with Gasteiger partial charge in [-0.3, -0.25) is 0 Å². The Morgan fingerprint density at radius 1 is 1.48 bits per heavy atom. The van der Waals surface area contributed by atoms with Crippen molar-refractivity contribution in [3.05, 3.63) is 18.2 Å². The fourth-order valence-corrected chi connectivity index (χ4v) is 2.94. The number of nitrogens with one attached hydrogen (secondary N) is 1. The third kappa shape index (κ3) is 4.22. The van der Waals surface area contributed by atoms with Gasteiger partial charge in [-0.25, -0.2) is 9.78 Å². The summed E-state index contributed by atoms with van der Waals surface area (Å²) in [7, 11) is 0. The zero-order chi connectivity index (χ0) is 15.6. The minimum atomic E-state index is -0.481. The maximum absolute atomic E-state index is 11.9. The molecule has 0 radical (unpaired) electrons. The van der Waals surface area contributed by atoms with E-state index in [4.69, 9.17) is 4.74 Å². The molecule has 0 aliphatic heterocycles. The summed E-state index contributed by atoms with van der Waals surface area (Å²) in [5.74, 6) is 0.763. The van der Waals surface area contributed by atoms with Gasteiger partial charge in [0.05, 0.1) is 24.3 Å². The highest BCUT2D eigenvalue weighted by molar-refractivity contribution is 5.68. The number of nitrogens with zero attached hydrogens (tertiary/aromatic N) is 2. The van der Waals surface area contributed by atoms with Gasteiger partial charge in [-0.1, -0.05) is 6.92 Å². The molecule has 1 heterocycles. The van der Waals surface area contributed by atoms with Crippen LogP contribution < -0.4 is 5.32 Å². The quantitative estimate of drug-likeness (QED) is 0.921. The van der Waals surface area contributed by atoms with Crippen LogP contribution in [0.15, 0.2) is 12.5 Å². The van der Waals surface area contributed by atoms with Gasteiger partial charge in [0.25, 0.3) is 0 Å². The minimum absolute atomic E-state index is 0.113. The number of carbonyl (C=O) groups is 1. The maximum atomic E-state index is 11.9. The Bertz CT molecular complexity index is 490. The van der Waals surface area contributed by atoms with E-state index in [0.717, 1.165) is 11.6 Å². The van der Waals surface area contributed by atoms with Crippen molar-refractivity contribution in [3.8, 4) is 0 Å². The molecule has 1 aliphatic rings. The van der Waals surface area contributed by atoms with E-state index in [1.165, 1.54) is 19.3 Å². The molecule has 0 spiro atoms. The first-order valence-electron chi connectivity index (χ1n) is 7.77. The lowest BCUT2D eigenvalue weighted by atomic mass is 10.1. The fourth-order valence-electron chi connectivity index (χ4n) is 2.94. The molecular formula is C16H27N3O2. The predicted molar refractivity (Wildman–Crippen MR) is 82.1 cm³/mol. The second-order valence-corrected chi connectivity index (χ2v) is 7.17. The Labute approximate surface area is 127 Å². The molecule has 0 saturated heterocycles. The molecule has 0 aromatic carbocycles. The number of amides is 1. The number of hydrogen-bond acceptors (Lipinski definition) is 3. The highest BCUT2D eigenvalue weighted by Gasteiger charge is 2.26. The average molecular weight is 293 g/mol. The lowest BCUT2D eigenvalue weighted by Gasteiger charge is -2.23. The number of rotatable bonds is 3. The predicted octanol–water partition coefficient (Wildman–Crippen LogP) is 3.83. The van der Waals surface area contributed by atoms with Crippen LogP contribution in [0.4, 0.5) is 4.79 Å². The normalized spacial score (nSPS) is 23.9. The highest BCUT2D eigenvalue weighted by Crippen LogP contribution is 2.35. The van der Waals surface area contributed by atoms with Crippen LogP contribution in [0.2, 0.25) is 0 Å². The number of imidazole rings is 1. The molecule has 5 heteroatoms. The topological polar surface area (TPSA) is 56.2 Å². The molecule has 5 nitrogen and oxygen atoms in total. The molecule has 1 aliphatic carbocycles. The molecule has 118 valence electrons. The zero-order valence-electron chi connectivity index (χ0n) is 13.7. The van der Waals surface area contributed by atoms with Gasteiger partial charge in [0, 0.05) is 6.04 Å². The number of hydrogen-bond donors (Lipinski definition) is 1. The largest absolute Gasteiger partial charge is 0.444 e. The van der Waals surface area contributed by atoms with Crippen LogP contribution in [0.3, 0.4) is 0 Å². The molecule has 1 amide bonds. The molecule has 1 N–H and O–H groups in total. The van der Waals surface area contributed by atoms with Gasteiger partial charge in [0.1, 0.15) is 5.60 Å². The molecule has 0 bridgehead atoms. The summed E-state index contributed by atoms with van der Waals surface area (Å²) in [5, 5.41) is 2.89. The Balaban J connectivity index is 2.02. The lowest BCUT2D eigenvalue weighted by Crippen LogP contribution is -2.34. The SMILES string of the molecule is CC1CCC(n2cncc2C(C)NC(=O)OC(C)(C)C)C1. The van der Waals surface area contributed by atoms with Crippen molar-refractivity contribution in [1.29, 1.82) is 0 Å². The number of carbonyl (C=O) groups excluding carboxylic acids is 1. The third-order valence-electron chi connectivity index (χ3n) is 3.93. The van der Waals surface area contributed by atoms with E-state index >= 15 is 0 Å². The van der Waals surface area contributed by atoms with E-state index < -0.39 is 5.60 Å². The number of alkyl carbamates (subject to hydrolysis) is 1. The second-order valence-electron chi connectivity index (χ2n) is 7.17. The number of aromatic nitrogens is 2. The summed E-state index contributed by atoms with van der Waals surface area (Å²) in [6, 6.07) is 0.388. The summed E-state index contributed by atoms with van der Waals surface area (Å²) >= 11 is 0. The van der Waals surface area contributed by atoms with Gasteiger partial charge in [0.2, 0.25) is 0 Å². The van der Waals surface area contributed by atoms with Crippen LogP contribution in [0.1, 0.15) is 71.7 Å². The van der Waals surface area contributed by atoms with E-state index in [1.807, 2.05) is 40.2 Å². The Morgan fingerprint density at radius 2 is 2.19 bits per heavy atom. The fraction of sp³-hybridized carbons (Fsp3) is 0.750. The monoisotopic (exact) mass is 293 g/mol. The van der Waals surface area contributed by atoms with Crippen LogP contribution >= 0.6 is 0 Å². The van der Waals surface area contributed by atoms with Crippen LogP contribution in [0.25, 0.3) is 0 Å². The molecule has 1 aromatic rings. The van der Waals surface area contributed by atoms with E-state index in [1.54, 1.807) is 0 Å². The van der Waals surface area contributed by atoms with Gasteiger partial charge >= 0.3 is 6.09 Å². The van der Waals surface area contributed by atoms with Crippen LogP contribution in [-0.4, -0.2) is 21.2 Å². The van der Waals surface area contributed by atoms with E-state index in [9.17, 15) is 4.79 Å². The van der Waals surface area contributed by atoms with Gasteiger partial charge in [-0.15, -0.1) is 0 Å². The lowest BCUT2D eigenvalue weighted by molar-refractivity contribution is 0.0505. The Hall–Kier alpha value is -1.52. The summed E-state index contributed by atoms with van der Waals surface area (Å²) in [4.78, 5) is 16.2. The second kappa shape index (κ2) is 6.08. The third-order valence-corrected chi connectivity index (χ3v) is 3.93. The van der Waals surface area contributed by atoms with Gasteiger partial charge in [-0.2, -0.15) is 0 Å². The van der Waals surface area contributed by atoms with E-state index in [-0.39, 0.29) is 12.1 Å². The first-order valence-corrected chi connectivity index (χ1v) is 7.77. The first kappa shape index (κ1) is 15.9. The van der Waals surface area contributed by atoms with Gasteiger partial charge in [-0.05, 0) is 52.9 Å². The van der Waals surface area contributed by atoms with Crippen molar-refractivity contribution in [3.63, 3.8) is 0 Å². The Morgan fingerprint density at radius 3 is 2.76 bits per heavy atom. The van der Waals surface area contributed by atoms with Crippen molar-refractivity contribution >= 4 is 6.09 Å². The molecule has 1 saturated carbocycles. The summed E-state index contributed by atoms with van der Waals surface area (Å²) in [6.07, 6.45) is 6.96. The van der Waals surface area contributed by atoms with Crippen molar-refractivity contribution in [2.45, 2.75) is 71.6 Å². The first-order chi connectivity index (χ1) is 9.76. The Kier molecular flexibility index (Phi) is 4.59. The van der Waals surface area contributed by atoms with Crippen molar-refractivity contribution in [1.82, 2.24) is 14.9 Å². The molecule has 2 rings (SSSR count). The molecule has 3 atom stereocenters. The summed E-state index contributed by atoms with van der Waals surface area (Å²) in [5.41, 5.74) is 0.560. The minimum Gasteiger partial charge on any atom is -0.444 e. The van der Waals surface area contributed by atoms with E-state index in [0.29, 0.717) is 6.04 Å². The maximum Gasteiger partial charge on any atom is 0.408 e. The van der Waals surface area contributed by atoms with Crippen molar-refractivity contribution in [2.24, 2.45) is 5.92 Å². The van der Waals surface area contributed by atoms with Crippen molar-refractivity contribution < 1.29 is 9.53 Å². The highest BCUT2D eigenvalue weighted by atomic mass is 16.6. The standard InChI is InChI=1S/C16H27N3O2/c1-11-6-7-13(8-11)19-10-17-9-14(19)12(2)18-15(20)21-16(3,4)5/h9-13H,6-8H2,1-5H3,(H,18,20). The van der Waals surface area contributed by atoms with E-state index in [2.05, 4.69) is 21.8 Å². The molecule has 1 aromatic heterocycles. The average Bonchev–Trinajstić information content (AvgIpc) is 2.93. The van der Waals surface area contributed by atoms with Gasteiger partial charge < -0.3 is 14.6 Å². The molecule has 3 unspecified atom stereocenters.